The van der Waals surface area contributed by atoms with Gasteiger partial charge in [0.1, 0.15) is 10.6 Å². The van der Waals surface area contributed by atoms with Gasteiger partial charge in [-0.3, -0.25) is 4.79 Å². The number of sulfone groups is 1. The van der Waals surface area contributed by atoms with Gasteiger partial charge in [-0.15, -0.1) is 11.3 Å². The lowest BCUT2D eigenvalue weighted by atomic mass is 9.90. The molecule has 0 bridgehead atoms. The van der Waals surface area contributed by atoms with E-state index in [1.54, 1.807) is 29.6 Å². The molecule has 7 heteroatoms. The van der Waals surface area contributed by atoms with Crippen molar-refractivity contribution in [1.29, 1.82) is 0 Å². The first-order chi connectivity index (χ1) is 15.4. The second-order valence-electron chi connectivity index (χ2n) is 8.52. The fourth-order valence-electron chi connectivity index (χ4n) is 4.56. The number of carbonyl (C=O) groups excluding carboxylic acids is 1. The van der Waals surface area contributed by atoms with Crippen LogP contribution in [0.1, 0.15) is 54.0 Å². The zero-order valence-corrected chi connectivity index (χ0v) is 19.5. The number of amides is 1. The lowest BCUT2D eigenvalue weighted by molar-refractivity contribution is -0.116. The number of fused-ring (bicyclic) bond motifs is 1. The van der Waals surface area contributed by atoms with Crippen LogP contribution in [0, 0.1) is 6.92 Å². The first-order valence-electron chi connectivity index (χ1n) is 10.9. The molecule has 1 aliphatic carbocycles. The first-order valence-corrected chi connectivity index (χ1v) is 13.3. The number of aryl methyl sites for hydroxylation is 1. The molecule has 1 saturated carbocycles. The van der Waals surface area contributed by atoms with E-state index in [0.29, 0.717) is 5.69 Å². The Hall–Kier alpha value is -2.64. The molecule has 1 aliphatic heterocycles. The molecular weight excluding hydrogens is 442 g/mol. The number of hydrogen-bond acceptors (Lipinski definition) is 5. The Morgan fingerprint density at radius 1 is 1.03 bits per heavy atom. The van der Waals surface area contributed by atoms with E-state index >= 15 is 0 Å². The van der Waals surface area contributed by atoms with Gasteiger partial charge in [-0.1, -0.05) is 35.9 Å². The minimum absolute atomic E-state index is 0.161. The molecule has 2 aliphatic rings. The highest BCUT2D eigenvalue weighted by atomic mass is 32.2. The molecule has 5 nitrogen and oxygen atoms in total. The highest BCUT2D eigenvalue weighted by Gasteiger charge is 2.35. The van der Waals surface area contributed by atoms with Crippen LogP contribution in [0.2, 0.25) is 0 Å². The predicted octanol–water partition coefficient (Wildman–Crippen LogP) is 5.68. The summed E-state index contributed by atoms with van der Waals surface area (Å²) < 4.78 is 33.0. The Morgan fingerprint density at radius 3 is 2.50 bits per heavy atom. The molecule has 1 aromatic heterocycles. The van der Waals surface area contributed by atoms with Crippen molar-refractivity contribution in [3.8, 4) is 5.75 Å². The molecule has 1 fully saturated rings. The van der Waals surface area contributed by atoms with Crippen molar-refractivity contribution in [1.82, 2.24) is 0 Å². The number of ether oxygens (including phenoxy) is 1. The summed E-state index contributed by atoms with van der Waals surface area (Å²) in [5.74, 6) is 0.377. The topological polar surface area (TPSA) is 72.5 Å². The second kappa shape index (κ2) is 8.37. The Kier molecular flexibility index (Phi) is 5.55. The normalized spacial score (nSPS) is 18.9. The summed E-state index contributed by atoms with van der Waals surface area (Å²) >= 11 is 1.38. The van der Waals surface area contributed by atoms with Crippen molar-refractivity contribution in [2.45, 2.75) is 60.8 Å². The van der Waals surface area contributed by atoms with Crippen LogP contribution in [0.25, 0.3) is 0 Å². The number of para-hydroxylation sites is 1. The Balaban J connectivity index is 1.55. The molecule has 0 radical (unpaired) electrons. The van der Waals surface area contributed by atoms with Gasteiger partial charge in [0.25, 0.3) is 0 Å². The third-order valence-electron chi connectivity index (χ3n) is 6.27. The van der Waals surface area contributed by atoms with E-state index in [9.17, 15) is 13.2 Å². The summed E-state index contributed by atoms with van der Waals surface area (Å²) in [6, 6.07) is 14.6. The quantitative estimate of drug-likeness (QED) is 0.524. The zero-order valence-electron chi connectivity index (χ0n) is 17.8. The molecule has 1 amide bonds. The minimum Gasteiger partial charge on any atom is -0.490 e. The highest BCUT2D eigenvalue weighted by molar-refractivity contribution is 7.91. The molecule has 32 heavy (non-hydrogen) atoms. The second-order valence-corrected chi connectivity index (χ2v) is 11.4. The Morgan fingerprint density at radius 2 is 1.75 bits per heavy atom. The first kappa shape index (κ1) is 21.2. The molecule has 3 aromatic rings. The predicted molar refractivity (Wildman–Crippen MR) is 125 cm³/mol. The van der Waals surface area contributed by atoms with Crippen LogP contribution in [0.3, 0.4) is 0 Å². The van der Waals surface area contributed by atoms with E-state index in [1.807, 2.05) is 31.2 Å². The molecule has 5 rings (SSSR count). The van der Waals surface area contributed by atoms with Gasteiger partial charge in [-0.05, 0) is 50.8 Å². The molecule has 0 spiro atoms. The maximum absolute atomic E-state index is 13.4. The van der Waals surface area contributed by atoms with Gasteiger partial charge in [-0.25, -0.2) is 8.42 Å². The smallest absolute Gasteiger partial charge is 0.225 e. The Labute approximate surface area is 192 Å². The van der Waals surface area contributed by atoms with Gasteiger partial charge in [0.15, 0.2) is 0 Å². The molecule has 166 valence electrons. The fourth-order valence-corrected chi connectivity index (χ4v) is 7.46. The van der Waals surface area contributed by atoms with Gasteiger partial charge in [0, 0.05) is 28.2 Å². The van der Waals surface area contributed by atoms with Crippen molar-refractivity contribution in [3.63, 3.8) is 0 Å². The van der Waals surface area contributed by atoms with E-state index in [-0.39, 0.29) is 34.1 Å². The monoisotopic (exact) mass is 467 g/mol. The number of carbonyl (C=O) groups is 1. The summed E-state index contributed by atoms with van der Waals surface area (Å²) in [7, 11) is -3.75. The fraction of sp³-hybridized carbons (Fsp3) is 0.320. The van der Waals surface area contributed by atoms with Crippen LogP contribution in [-0.4, -0.2) is 20.4 Å². The van der Waals surface area contributed by atoms with E-state index in [2.05, 4.69) is 5.32 Å². The SMILES string of the molecule is Cc1ccc(S(=O)(=O)c2csc3c2NC(=O)C[C@@H]3c2ccccc2OC2CCCC2)cc1. The lowest BCUT2D eigenvalue weighted by Gasteiger charge is -2.26. The van der Waals surface area contributed by atoms with Crippen LogP contribution in [0.4, 0.5) is 5.69 Å². The number of benzene rings is 2. The van der Waals surface area contributed by atoms with Crippen molar-refractivity contribution < 1.29 is 17.9 Å². The summed E-state index contributed by atoms with van der Waals surface area (Å²) in [6.45, 7) is 1.92. The van der Waals surface area contributed by atoms with Crippen LogP contribution < -0.4 is 10.1 Å². The van der Waals surface area contributed by atoms with E-state index < -0.39 is 9.84 Å². The standard InChI is InChI=1S/C25H25NO4S2/c1-16-10-12-18(13-11-16)32(28,29)22-15-31-25-20(14-23(27)26-24(22)25)19-8-4-5-9-21(19)30-17-6-2-3-7-17/h4-5,8-13,15,17,20H,2-3,6-7,14H2,1H3,(H,26,27)/t20-/m1/s1. The Bertz CT molecular complexity index is 1260. The van der Waals surface area contributed by atoms with Crippen molar-refractivity contribution >= 4 is 32.8 Å². The van der Waals surface area contributed by atoms with Crippen molar-refractivity contribution in [2.24, 2.45) is 0 Å². The summed E-state index contributed by atoms with van der Waals surface area (Å²) in [6.07, 6.45) is 4.91. The van der Waals surface area contributed by atoms with E-state index in [4.69, 9.17) is 4.74 Å². The number of hydrogen-bond donors (Lipinski definition) is 1. The molecule has 1 atom stereocenters. The molecule has 1 N–H and O–H groups in total. The molecule has 0 saturated heterocycles. The van der Waals surface area contributed by atoms with Crippen LogP contribution in [0.5, 0.6) is 5.75 Å². The maximum Gasteiger partial charge on any atom is 0.225 e. The van der Waals surface area contributed by atoms with E-state index in [0.717, 1.165) is 34.6 Å². The van der Waals surface area contributed by atoms with Gasteiger partial charge in [0.2, 0.25) is 15.7 Å². The molecule has 0 unspecified atom stereocenters. The third-order valence-corrected chi connectivity index (χ3v) is 9.31. The van der Waals surface area contributed by atoms with Gasteiger partial charge < -0.3 is 10.1 Å². The molecule has 2 heterocycles. The number of thiophene rings is 1. The third kappa shape index (κ3) is 3.84. The maximum atomic E-state index is 13.4. The lowest BCUT2D eigenvalue weighted by Crippen LogP contribution is -2.24. The average molecular weight is 468 g/mol. The molecule has 2 aromatic carbocycles. The minimum atomic E-state index is -3.75. The number of anilines is 1. The number of rotatable bonds is 5. The van der Waals surface area contributed by atoms with Gasteiger partial charge in [0.05, 0.1) is 16.7 Å². The average Bonchev–Trinajstić information content (AvgIpc) is 3.44. The van der Waals surface area contributed by atoms with E-state index in [1.165, 1.54) is 24.2 Å². The largest absolute Gasteiger partial charge is 0.490 e. The number of nitrogens with one attached hydrogen (secondary N) is 1. The summed E-state index contributed by atoms with van der Waals surface area (Å²) in [5, 5.41) is 4.49. The van der Waals surface area contributed by atoms with Crippen LogP contribution >= 0.6 is 11.3 Å². The zero-order chi connectivity index (χ0) is 22.3. The van der Waals surface area contributed by atoms with Gasteiger partial charge in [-0.2, -0.15) is 0 Å². The highest BCUT2D eigenvalue weighted by Crippen LogP contribution is 2.48. The van der Waals surface area contributed by atoms with Gasteiger partial charge >= 0.3 is 0 Å². The van der Waals surface area contributed by atoms with Crippen molar-refractivity contribution in [3.05, 3.63) is 69.9 Å². The van der Waals surface area contributed by atoms with Crippen molar-refractivity contribution in [2.75, 3.05) is 5.32 Å². The summed E-state index contributed by atoms with van der Waals surface area (Å²) in [4.78, 5) is 13.9. The molecular formula is C25H25NO4S2. The van der Waals surface area contributed by atoms with Crippen LogP contribution in [-0.2, 0) is 14.6 Å². The summed E-state index contributed by atoms with van der Waals surface area (Å²) in [5.41, 5.74) is 2.34. The van der Waals surface area contributed by atoms with Crippen LogP contribution in [0.15, 0.2) is 63.7 Å².